The van der Waals surface area contributed by atoms with E-state index in [0.717, 1.165) is 27.8 Å². The molecule has 0 aliphatic carbocycles. The highest BCUT2D eigenvalue weighted by atomic mass is 16.1. The molecule has 0 bridgehead atoms. The predicted octanol–water partition coefficient (Wildman–Crippen LogP) is 9.33. The molecular formula is C36H36O2. The van der Waals surface area contributed by atoms with Gasteiger partial charge in [0.1, 0.15) is 0 Å². The maximum atomic E-state index is 13.8. The molecule has 0 aliphatic rings. The average molecular weight is 501 g/mol. The number of benzene rings is 4. The van der Waals surface area contributed by atoms with Gasteiger partial charge in [-0.15, -0.1) is 0 Å². The standard InChI is InChI=1S/C36H36O2/c1-25(2)23-34(36(38)32-21-17-30(18-22-32)28-13-9-6-10-14-28)33(26(3)4)24-35(37)31-19-15-29(16-20-31)27-11-7-5-8-12-27/h5-23,26,33-34H,24H2,1-4H3/t33-,34-/m1/s1. The van der Waals surface area contributed by atoms with E-state index in [9.17, 15) is 9.59 Å². The van der Waals surface area contributed by atoms with Crippen LogP contribution in [0.25, 0.3) is 22.3 Å². The second-order valence-electron chi connectivity index (χ2n) is 10.6. The summed E-state index contributed by atoms with van der Waals surface area (Å²) in [4.78, 5) is 27.3. The van der Waals surface area contributed by atoms with Crippen LogP contribution >= 0.6 is 0 Å². The molecule has 0 heterocycles. The lowest BCUT2D eigenvalue weighted by Crippen LogP contribution is -2.29. The molecule has 2 heteroatoms. The number of Topliss-reactive ketones (excluding diaryl/α,β-unsaturated/α-hetero) is 2. The summed E-state index contributed by atoms with van der Waals surface area (Å²) < 4.78 is 0. The largest absolute Gasteiger partial charge is 0.294 e. The van der Waals surface area contributed by atoms with Crippen LogP contribution in [-0.4, -0.2) is 11.6 Å². The van der Waals surface area contributed by atoms with E-state index < -0.39 is 0 Å². The first-order valence-electron chi connectivity index (χ1n) is 13.4. The summed E-state index contributed by atoms with van der Waals surface area (Å²) >= 11 is 0. The molecule has 4 aromatic carbocycles. The van der Waals surface area contributed by atoms with Crippen LogP contribution in [0, 0.1) is 17.8 Å². The van der Waals surface area contributed by atoms with Crippen LogP contribution in [0.3, 0.4) is 0 Å². The van der Waals surface area contributed by atoms with Crippen molar-refractivity contribution in [1.82, 2.24) is 0 Å². The van der Waals surface area contributed by atoms with Gasteiger partial charge >= 0.3 is 0 Å². The molecule has 0 N–H and O–H groups in total. The van der Waals surface area contributed by atoms with Crippen molar-refractivity contribution in [2.45, 2.75) is 34.1 Å². The van der Waals surface area contributed by atoms with Gasteiger partial charge < -0.3 is 0 Å². The van der Waals surface area contributed by atoms with E-state index in [0.29, 0.717) is 17.5 Å². The van der Waals surface area contributed by atoms with Crippen LogP contribution < -0.4 is 0 Å². The molecule has 0 radical (unpaired) electrons. The minimum atomic E-state index is -0.366. The second kappa shape index (κ2) is 12.5. The van der Waals surface area contributed by atoms with Crippen molar-refractivity contribution >= 4 is 11.6 Å². The number of allylic oxidation sites excluding steroid dienone is 2. The van der Waals surface area contributed by atoms with E-state index in [1.165, 1.54) is 0 Å². The van der Waals surface area contributed by atoms with Crippen molar-refractivity contribution < 1.29 is 9.59 Å². The van der Waals surface area contributed by atoms with E-state index in [-0.39, 0.29) is 29.3 Å². The van der Waals surface area contributed by atoms with Gasteiger partial charge in [0, 0.05) is 23.5 Å². The summed E-state index contributed by atoms with van der Waals surface area (Å²) in [5.74, 6) is -0.169. The Bertz CT molecular complexity index is 1380. The summed E-state index contributed by atoms with van der Waals surface area (Å²) in [6, 6.07) is 35.9. The number of hydrogen-bond donors (Lipinski definition) is 0. The van der Waals surface area contributed by atoms with Crippen molar-refractivity contribution in [3.8, 4) is 22.3 Å². The number of carbonyl (C=O) groups excluding carboxylic acids is 2. The SMILES string of the molecule is CC(C)=C[C@@H](C(=O)c1ccc(-c2ccccc2)cc1)[C@H](CC(=O)c1ccc(-c2ccccc2)cc1)C(C)C. The average Bonchev–Trinajstić information content (AvgIpc) is 2.95. The highest BCUT2D eigenvalue weighted by molar-refractivity contribution is 6.01. The van der Waals surface area contributed by atoms with Gasteiger partial charge in [-0.05, 0) is 47.9 Å². The Balaban J connectivity index is 1.56. The Hall–Kier alpha value is -4.04. The topological polar surface area (TPSA) is 34.1 Å². The van der Waals surface area contributed by atoms with Gasteiger partial charge in [0.15, 0.2) is 11.6 Å². The normalized spacial score (nSPS) is 12.6. The summed E-state index contributed by atoms with van der Waals surface area (Å²) in [5, 5.41) is 0. The van der Waals surface area contributed by atoms with Crippen LogP contribution in [0.15, 0.2) is 121 Å². The second-order valence-corrected chi connectivity index (χ2v) is 10.6. The van der Waals surface area contributed by atoms with Crippen LogP contribution in [0.1, 0.15) is 54.8 Å². The fourth-order valence-corrected chi connectivity index (χ4v) is 4.99. The van der Waals surface area contributed by atoms with Crippen molar-refractivity contribution in [3.05, 3.63) is 132 Å². The van der Waals surface area contributed by atoms with Crippen LogP contribution in [0.5, 0.6) is 0 Å². The molecule has 0 amide bonds. The Morgan fingerprint density at radius 2 is 1.03 bits per heavy atom. The number of carbonyl (C=O) groups is 2. The fourth-order valence-electron chi connectivity index (χ4n) is 4.99. The highest BCUT2D eigenvalue weighted by Gasteiger charge is 2.31. The van der Waals surface area contributed by atoms with E-state index in [1.807, 2.05) is 105 Å². The lowest BCUT2D eigenvalue weighted by Gasteiger charge is -2.27. The van der Waals surface area contributed by atoms with Crippen molar-refractivity contribution in [1.29, 1.82) is 0 Å². The number of rotatable bonds is 10. The molecule has 4 rings (SSSR count). The minimum Gasteiger partial charge on any atom is -0.294 e. The molecule has 38 heavy (non-hydrogen) atoms. The Morgan fingerprint density at radius 3 is 1.45 bits per heavy atom. The van der Waals surface area contributed by atoms with Crippen LogP contribution in [0.2, 0.25) is 0 Å². The summed E-state index contributed by atoms with van der Waals surface area (Å²) in [6.07, 6.45) is 2.37. The lowest BCUT2D eigenvalue weighted by molar-refractivity contribution is 0.0839. The van der Waals surface area contributed by atoms with Gasteiger partial charge in [0.25, 0.3) is 0 Å². The quantitative estimate of drug-likeness (QED) is 0.161. The number of hydrogen-bond acceptors (Lipinski definition) is 2. The highest BCUT2D eigenvalue weighted by Crippen LogP contribution is 2.32. The molecule has 0 aliphatic heterocycles. The maximum Gasteiger partial charge on any atom is 0.170 e. The molecular weight excluding hydrogens is 464 g/mol. The minimum absolute atomic E-state index is 0.0664. The predicted molar refractivity (Wildman–Crippen MR) is 158 cm³/mol. The van der Waals surface area contributed by atoms with E-state index in [4.69, 9.17) is 0 Å². The molecule has 2 nitrogen and oxygen atoms in total. The van der Waals surface area contributed by atoms with Gasteiger partial charge in [0.2, 0.25) is 0 Å². The maximum absolute atomic E-state index is 13.8. The first-order valence-corrected chi connectivity index (χ1v) is 13.4. The Labute approximate surface area is 227 Å². The fraction of sp³-hybridized carbons (Fsp3) is 0.222. The third-order valence-corrected chi connectivity index (χ3v) is 7.14. The van der Waals surface area contributed by atoms with Gasteiger partial charge in [-0.1, -0.05) is 135 Å². The molecule has 0 saturated carbocycles. The zero-order chi connectivity index (χ0) is 27.1. The molecule has 4 aromatic rings. The van der Waals surface area contributed by atoms with E-state index >= 15 is 0 Å². The van der Waals surface area contributed by atoms with Crippen molar-refractivity contribution in [2.75, 3.05) is 0 Å². The van der Waals surface area contributed by atoms with Gasteiger partial charge in [-0.3, -0.25) is 9.59 Å². The molecule has 0 spiro atoms. The Morgan fingerprint density at radius 1 is 0.605 bits per heavy atom. The summed E-state index contributed by atoms with van der Waals surface area (Å²) in [6.45, 7) is 8.24. The molecule has 0 saturated heterocycles. The van der Waals surface area contributed by atoms with E-state index in [2.05, 4.69) is 38.1 Å². The number of ketones is 2. The molecule has 2 atom stereocenters. The van der Waals surface area contributed by atoms with Crippen molar-refractivity contribution in [3.63, 3.8) is 0 Å². The molecule has 0 aromatic heterocycles. The zero-order valence-corrected chi connectivity index (χ0v) is 22.7. The first-order chi connectivity index (χ1) is 18.3. The first kappa shape index (κ1) is 27.0. The molecule has 0 unspecified atom stereocenters. The van der Waals surface area contributed by atoms with Crippen molar-refractivity contribution in [2.24, 2.45) is 17.8 Å². The van der Waals surface area contributed by atoms with Gasteiger partial charge in [-0.25, -0.2) is 0 Å². The summed E-state index contributed by atoms with van der Waals surface area (Å²) in [5.41, 5.74) is 6.85. The third-order valence-electron chi connectivity index (χ3n) is 7.14. The monoisotopic (exact) mass is 500 g/mol. The van der Waals surface area contributed by atoms with E-state index in [1.54, 1.807) is 0 Å². The van der Waals surface area contributed by atoms with Gasteiger partial charge in [0.05, 0.1) is 0 Å². The Kier molecular flexibility index (Phi) is 8.86. The van der Waals surface area contributed by atoms with Crippen LogP contribution in [0.4, 0.5) is 0 Å². The van der Waals surface area contributed by atoms with Gasteiger partial charge in [-0.2, -0.15) is 0 Å². The molecule has 0 fully saturated rings. The van der Waals surface area contributed by atoms with Crippen LogP contribution in [-0.2, 0) is 0 Å². The summed E-state index contributed by atoms with van der Waals surface area (Å²) in [7, 11) is 0. The third kappa shape index (κ3) is 6.63. The molecule has 192 valence electrons. The lowest BCUT2D eigenvalue weighted by atomic mass is 9.75. The zero-order valence-electron chi connectivity index (χ0n) is 22.7. The smallest absolute Gasteiger partial charge is 0.170 e.